The van der Waals surface area contributed by atoms with E-state index < -0.39 is 30.5 Å². The molecule has 6 nitrogen and oxygen atoms in total. The smallest absolute Gasteiger partial charge is 0.0990 e. The summed E-state index contributed by atoms with van der Waals surface area (Å²) >= 11 is 0. The van der Waals surface area contributed by atoms with Crippen molar-refractivity contribution in [1.82, 2.24) is 5.32 Å². The van der Waals surface area contributed by atoms with Gasteiger partial charge in [-0.15, -0.1) is 0 Å². The van der Waals surface area contributed by atoms with Gasteiger partial charge in [-0.1, -0.05) is 0 Å². The number of hydrogen-bond donors (Lipinski definition) is 6. The molecular formula is C8H17NO5. The molecule has 1 saturated heterocycles. The van der Waals surface area contributed by atoms with Gasteiger partial charge in [-0.25, -0.2) is 0 Å². The second kappa shape index (κ2) is 5.01. The van der Waals surface area contributed by atoms with Crippen molar-refractivity contribution < 1.29 is 25.5 Å². The first kappa shape index (κ1) is 11.8. The van der Waals surface area contributed by atoms with Gasteiger partial charge in [0.25, 0.3) is 0 Å². The van der Waals surface area contributed by atoms with Crippen LogP contribution in [0.4, 0.5) is 0 Å². The molecule has 84 valence electrons. The minimum atomic E-state index is -1.19. The third kappa shape index (κ3) is 2.41. The van der Waals surface area contributed by atoms with E-state index in [1.807, 2.05) is 0 Å². The highest BCUT2D eigenvalue weighted by Gasteiger charge is 2.39. The topological polar surface area (TPSA) is 113 Å². The summed E-state index contributed by atoms with van der Waals surface area (Å²) in [4.78, 5) is 0. The Bertz CT molecular complexity index is 179. The maximum atomic E-state index is 9.54. The van der Waals surface area contributed by atoms with Gasteiger partial charge in [0.1, 0.15) is 0 Å². The molecule has 0 aliphatic carbocycles. The summed E-state index contributed by atoms with van der Waals surface area (Å²) in [5.41, 5.74) is 0. The van der Waals surface area contributed by atoms with E-state index in [9.17, 15) is 20.4 Å². The van der Waals surface area contributed by atoms with Crippen LogP contribution in [0.5, 0.6) is 0 Å². The molecule has 0 unspecified atom stereocenters. The zero-order valence-electron chi connectivity index (χ0n) is 7.74. The van der Waals surface area contributed by atoms with Crippen LogP contribution in [0, 0.1) is 0 Å². The molecule has 6 N–H and O–H groups in total. The summed E-state index contributed by atoms with van der Waals surface area (Å²) in [6.07, 6.45) is -4.25. The lowest BCUT2D eigenvalue weighted by Gasteiger charge is -2.25. The van der Waals surface area contributed by atoms with E-state index in [0.717, 1.165) is 0 Å². The normalized spacial score (nSPS) is 37.1. The molecule has 0 aromatic carbocycles. The van der Waals surface area contributed by atoms with E-state index in [-0.39, 0.29) is 19.6 Å². The Hall–Kier alpha value is -0.240. The molecule has 6 heteroatoms. The van der Waals surface area contributed by atoms with Crippen molar-refractivity contribution in [2.24, 2.45) is 0 Å². The molecule has 1 aliphatic rings. The molecule has 0 saturated carbocycles. The summed E-state index contributed by atoms with van der Waals surface area (Å²) in [6.45, 7) is -0.0433. The number of β-amino-alcohol motifs (C(OH)–C–C–N with tert-alkyl or cyclic N) is 1. The van der Waals surface area contributed by atoms with Crippen molar-refractivity contribution in [3.8, 4) is 0 Å². The van der Waals surface area contributed by atoms with Gasteiger partial charge in [-0.05, 0) is 6.42 Å². The molecule has 0 bridgehead atoms. The van der Waals surface area contributed by atoms with E-state index in [1.54, 1.807) is 0 Å². The van der Waals surface area contributed by atoms with Crippen molar-refractivity contribution in [3.05, 3.63) is 0 Å². The lowest BCUT2D eigenvalue weighted by Crippen LogP contribution is -2.49. The standard InChI is InChI=1S/C8H17NO5/c10-2-1-4(11)7(13)6-8(14)5(12)3-9-6/h4-14H,1-3H2/t4-,5+,6+,7+,8+/m1/s1. The van der Waals surface area contributed by atoms with Crippen LogP contribution in [0.25, 0.3) is 0 Å². The van der Waals surface area contributed by atoms with Crippen LogP contribution in [-0.4, -0.2) is 69.1 Å². The fourth-order valence-corrected chi connectivity index (χ4v) is 1.60. The van der Waals surface area contributed by atoms with Crippen molar-refractivity contribution in [3.63, 3.8) is 0 Å². The summed E-state index contributed by atoms with van der Waals surface area (Å²) in [6, 6.07) is -0.744. The maximum absolute atomic E-state index is 9.54. The predicted octanol–water partition coefficient (Wildman–Crippen LogP) is -3.22. The number of aliphatic hydroxyl groups excluding tert-OH is 5. The molecule has 14 heavy (non-hydrogen) atoms. The van der Waals surface area contributed by atoms with Crippen LogP contribution in [0.1, 0.15) is 6.42 Å². The van der Waals surface area contributed by atoms with E-state index in [2.05, 4.69) is 5.32 Å². The molecule has 5 atom stereocenters. The predicted molar refractivity (Wildman–Crippen MR) is 47.5 cm³/mol. The van der Waals surface area contributed by atoms with E-state index in [1.165, 1.54) is 0 Å². The average Bonchev–Trinajstić information content (AvgIpc) is 2.47. The van der Waals surface area contributed by atoms with Gasteiger partial charge >= 0.3 is 0 Å². The van der Waals surface area contributed by atoms with Gasteiger partial charge in [0.05, 0.1) is 30.5 Å². The van der Waals surface area contributed by atoms with Crippen LogP contribution in [0.2, 0.25) is 0 Å². The fourth-order valence-electron chi connectivity index (χ4n) is 1.60. The van der Waals surface area contributed by atoms with Gasteiger partial charge in [0.2, 0.25) is 0 Å². The molecule has 1 heterocycles. The van der Waals surface area contributed by atoms with Crippen molar-refractivity contribution >= 4 is 0 Å². The van der Waals surface area contributed by atoms with E-state index in [0.29, 0.717) is 0 Å². The van der Waals surface area contributed by atoms with Gasteiger partial charge in [-0.2, -0.15) is 0 Å². The molecule has 0 radical (unpaired) electrons. The van der Waals surface area contributed by atoms with Gasteiger partial charge in [0, 0.05) is 13.2 Å². The molecule has 1 rings (SSSR count). The number of aliphatic hydroxyl groups is 5. The highest BCUT2D eigenvalue weighted by atomic mass is 16.3. The first-order chi connectivity index (χ1) is 6.57. The van der Waals surface area contributed by atoms with Crippen LogP contribution in [0.15, 0.2) is 0 Å². The Balaban J connectivity index is 2.48. The minimum Gasteiger partial charge on any atom is -0.396 e. The van der Waals surface area contributed by atoms with Crippen molar-refractivity contribution in [1.29, 1.82) is 0 Å². The Morgan fingerprint density at radius 1 is 1.29 bits per heavy atom. The average molecular weight is 207 g/mol. The zero-order chi connectivity index (χ0) is 10.7. The molecule has 1 aliphatic heterocycles. The van der Waals surface area contributed by atoms with Gasteiger partial charge in [0.15, 0.2) is 0 Å². The van der Waals surface area contributed by atoms with Crippen LogP contribution in [0.3, 0.4) is 0 Å². The Morgan fingerprint density at radius 2 is 1.93 bits per heavy atom. The van der Waals surface area contributed by atoms with Gasteiger partial charge in [-0.3, -0.25) is 0 Å². The SMILES string of the molecule is OCC[C@@H](O)[C@H](O)[C@@H]1NC[C@H](O)[C@@H]1O. The first-order valence-electron chi connectivity index (χ1n) is 4.64. The second-order valence-electron chi connectivity index (χ2n) is 3.56. The third-order valence-corrected chi connectivity index (χ3v) is 2.51. The lowest BCUT2D eigenvalue weighted by molar-refractivity contribution is -0.0491. The summed E-state index contributed by atoms with van der Waals surface area (Å²) in [5.74, 6) is 0. The molecule has 0 spiro atoms. The Labute approximate surface area is 81.8 Å². The number of nitrogens with one attached hydrogen (secondary N) is 1. The van der Waals surface area contributed by atoms with Crippen molar-refractivity contribution in [2.45, 2.75) is 36.9 Å². The number of hydrogen-bond acceptors (Lipinski definition) is 6. The molecule has 1 fully saturated rings. The third-order valence-electron chi connectivity index (χ3n) is 2.51. The highest BCUT2D eigenvalue weighted by molar-refractivity contribution is 4.96. The fraction of sp³-hybridized carbons (Fsp3) is 1.00. The summed E-state index contributed by atoms with van der Waals surface area (Å²) in [7, 11) is 0. The minimum absolute atomic E-state index is 0.0438. The van der Waals surface area contributed by atoms with Crippen LogP contribution in [-0.2, 0) is 0 Å². The van der Waals surface area contributed by atoms with Crippen LogP contribution < -0.4 is 5.32 Å². The molecule has 0 amide bonds. The lowest BCUT2D eigenvalue weighted by atomic mass is 9.99. The quantitative estimate of drug-likeness (QED) is 0.289. The summed E-state index contributed by atoms with van der Waals surface area (Å²) in [5, 5.41) is 48.7. The largest absolute Gasteiger partial charge is 0.396 e. The Kier molecular flexibility index (Phi) is 4.24. The maximum Gasteiger partial charge on any atom is 0.0990 e. The zero-order valence-corrected chi connectivity index (χ0v) is 7.74. The highest BCUT2D eigenvalue weighted by Crippen LogP contribution is 2.15. The number of rotatable bonds is 4. The molecule has 0 aromatic heterocycles. The van der Waals surface area contributed by atoms with Crippen LogP contribution >= 0.6 is 0 Å². The second-order valence-corrected chi connectivity index (χ2v) is 3.56. The molecule has 0 aromatic rings. The monoisotopic (exact) mass is 207 g/mol. The first-order valence-corrected chi connectivity index (χ1v) is 4.64. The Morgan fingerprint density at radius 3 is 2.36 bits per heavy atom. The van der Waals surface area contributed by atoms with E-state index >= 15 is 0 Å². The summed E-state index contributed by atoms with van der Waals surface area (Å²) < 4.78 is 0. The molecular weight excluding hydrogens is 190 g/mol. The van der Waals surface area contributed by atoms with Gasteiger partial charge < -0.3 is 30.8 Å². The van der Waals surface area contributed by atoms with E-state index in [4.69, 9.17) is 5.11 Å². The van der Waals surface area contributed by atoms with Crippen molar-refractivity contribution in [2.75, 3.05) is 13.2 Å².